The molecule has 5 rings (SSSR count). The van der Waals surface area contributed by atoms with Gasteiger partial charge in [0.2, 0.25) is 0 Å². The minimum atomic E-state index is -0.963. The summed E-state index contributed by atoms with van der Waals surface area (Å²) in [7, 11) is 1.65. The summed E-state index contributed by atoms with van der Waals surface area (Å²) in [6, 6.07) is 30.7. The van der Waals surface area contributed by atoms with E-state index in [0.29, 0.717) is 22.2 Å². The van der Waals surface area contributed by atoms with Crippen LogP contribution in [0, 0.1) is 0 Å². The molecule has 1 amide bonds. The molecule has 1 heterocycles. The number of carbonyl (C=O) groups is 2. The van der Waals surface area contributed by atoms with Crippen LogP contribution in [-0.2, 0) is 11.3 Å². The summed E-state index contributed by atoms with van der Waals surface area (Å²) in [6.07, 6.45) is -0.133. The summed E-state index contributed by atoms with van der Waals surface area (Å²) >= 11 is 12.6. The van der Waals surface area contributed by atoms with Gasteiger partial charge in [0.15, 0.2) is 0 Å². The summed E-state index contributed by atoms with van der Waals surface area (Å²) < 4.78 is 7.22. The standard InChI is InChI=1S/C33H27Cl2N3O4/c1-42-29-11-9-22(10-12-29)24-3-2-4-25(15-24)31-19-30(26-16-27(34)18-28(35)17-26)37-38(31)20-21-5-7-23(8-6-21)33(41)36-14-13-32(39)40/h2-12,15-19H,13-14,20H2,1H3,(H,36,41)(H,39,40). The molecule has 0 fully saturated rings. The van der Waals surface area contributed by atoms with Crippen LogP contribution in [0.3, 0.4) is 0 Å². The lowest BCUT2D eigenvalue weighted by Gasteiger charge is -2.11. The summed E-state index contributed by atoms with van der Waals surface area (Å²) in [4.78, 5) is 23.1. The van der Waals surface area contributed by atoms with Gasteiger partial charge in [0.25, 0.3) is 5.91 Å². The molecule has 0 aliphatic rings. The molecule has 5 aromatic rings. The first-order valence-electron chi connectivity index (χ1n) is 13.2. The van der Waals surface area contributed by atoms with Gasteiger partial charge in [0, 0.05) is 33.3 Å². The van der Waals surface area contributed by atoms with Crippen molar-refractivity contribution in [1.29, 1.82) is 0 Å². The van der Waals surface area contributed by atoms with E-state index in [0.717, 1.165) is 45.0 Å². The first-order valence-corrected chi connectivity index (χ1v) is 13.9. The molecule has 1 aromatic heterocycles. The molecule has 0 spiro atoms. The number of carboxylic acid groups (broad SMARTS) is 1. The van der Waals surface area contributed by atoms with Gasteiger partial charge < -0.3 is 15.2 Å². The summed E-state index contributed by atoms with van der Waals surface area (Å²) in [5.41, 5.74) is 6.88. The van der Waals surface area contributed by atoms with Crippen molar-refractivity contribution in [1.82, 2.24) is 15.1 Å². The third-order valence-corrected chi connectivity index (χ3v) is 7.13. The van der Waals surface area contributed by atoms with Gasteiger partial charge in [-0.25, -0.2) is 0 Å². The van der Waals surface area contributed by atoms with Gasteiger partial charge in [-0.15, -0.1) is 0 Å². The molecule has 0 saturated carbocycles. The minimum Gasteiger partial charge on any atom is -0.497 e. The first kappa shape index (κ1) is 28.9. The smallest absolute Gasteiger partial charge is 0.305 e. The average molecular weight is 601 g/mol. The van der Waals surface area contributed by atoms with Gasteiger partial charge in [-0.1, -0.05) is 65.7 Å². The quantitative estimate of drug-likeness (QED) is 0.174. The van der Waals surface area contributed by atoms with Gasteiger partial charge in [-0.2, -0.15) is 5.10 Å². The third-order valence-electron chi connectivity index (χ3n) is 6.69. The van der Waals surface area contributed by atoms with E-state index in [1.165, 1.54) is 0 Å². The normalized spacial score (nSPS) is 10.8. The van der Waals surface area contributed by atoms with Gasteiger partial charge in [-0.3, -0.25) is 14.3 Å². The number of hydrogen-bond donors (Lipinski definition) is 2. The van der Waals surface area contributed by atoms with Crippen LogP contribution in [0.5, 0.6) is 5.75 Å². The highest BCUT2D eigenvalue weighted by Crippen LogP contribution is 2.33. The fraction of sp³-hybridized carbons (Fsp3) is 0.121. The fourth-order valence-corrected chi connectivity index (χ4v) is 5.10. The Bertz CT molecular complexity index is 1710. The molecule has 7 nitrogen and oxygen atoms in total. The van der Waals surface area contributed by atoms with Crippen molar-refractivity contribution in [2.45, 2.75) is 13.0 Å². The predicted octanol–water partition coefficient (Wildman–Crippen LogP) is 7.45. The van der Waals surface area contributed by atoms with Crippen molar-refractivity contribution >= 4 is 35.1 Å². The lowest BCUT2D eigenvalue weighted by Crippen LogP contribution is -2.25. The van der Waals surface area contributed by atoms with E-state index in [1.54, 1.807) is 25.3 Å². The molecule has 0 aliphatic carbocycles. The highest BCUT2D eigenvalue weighted by atomic mass is 35.5. The molecule has 9 heteroatoms. The maximum atomic E-state index is 12.4. The molecule has 0 atom stereocenters. The molecule has 42 heavy (non-hydrogen) atoms. The molecule has 0 unspecified atom stereocenters. The number of benzene rings is 4. The van der Waals surface area contributed by atoms with E-state index < -0.39 is 5.97 Å². The fourth-order valence-electron chi connectivity index (χ4n) is 4.57. The SMILES string of the molecule is COc1ccc(-c2cccc(-c3cc(-c4cc(Cl)cc(Cl)c4)nn3Cc3ccc(C(=O)NCCC(=O)O)cc3)c2)cc1. The van der Waals surface area contributed by atoms with E-state index in [4.69, 9.17) is 38.1 Å². The number of rotatable bonds is 10. The van der Waals surface area contributed by atoms with Crippen molar-refractivity contribution in [2.75, 3.05) is 13.7 Å². The van der Waals surface area contributed by atoms with Crippen molar-refractivity contribution < 1.29 is 19.4 Å². The number of aromatic nitrogens is 2. The largest absolute Gasteiger partial charge is 0.497 e. The summed E-state index contributed by atoms with van der Waals surface area (Å²) in [5, 5.41) is 17.4. The second kappa shape index (κ2) is 12.9. The number of carboxylic acids is 1. The lowest BCUT2D eigenvalue weighted by molar-refractivity contribution is -0.136. The van der Waals surface area contributed by atoms with Crippen LogP contribution in [0.4, 0.5) is 0 Å². The van der Waals surface area contributed by atoms with E-state index >= 15 is 0 Å². The van der Waals surface area contributed by atoms with E-state index in [9.17, 15) is 9.59 Å². The zero-order chi connectivity index (χ0) is 29.6. The van der Waals surface area contributed by atoms with Crippen LogP contribution in [0.25, 0.3) is 33.6 Å². The van der Waals surface area contributed by atoms with Crippen LogP contribution < -0.4 is 10.1 Å². The number of ether oxygens (including phenoxy) is 1. The minimum absolute atomic E-state index is 0.0679. The molecule has 2 N–H and O–H groups in total. The number of halogens is 2. The van der Waals surface area contributed by atoms with Crippen LogP contribution in [0.15, 0.2) is 97.1 Å². The maximum Gasteiger partial charge on any atom is 0.305 e. The Morgan fingerprint density at radius 3 is 2.19 bits per heavy atom. The van der Waals surface area contributed by atoms with Crippen LogP contribution in [0.2, 0.25) is 10.0 Å². The Hall–Kier alpha value is -4.59. The third kappa shape index (κ3) is 7.00. The summed E-state index contributed by atoms with van der Waals surface area (Å²) in [5.74, 6) is -0.491. The predicted molar refractivity (Wildman–Crippen MR) is 165 cm³/mol. The van der Waals surface area contributed by atoms with Gasteiger partial charge in [0.1, 0.15) is 5.75 Å². The Morgan fingerprint density at radius 2 is 1.52 bits per heavy atom. The van der Waals surface area contributed by atoms with Gasteiger partial charge in [-0.05, 0) is 71.3 Å². The van der Waals surface area contributed by atoms with Gasteiger partial charge >= 0.3 is 5.97 Å². The Labute approximate surface area is 253 Å². The lowest BCUT2D eigenvalue weighted by atomic mass is 10.0. The van der Waals surface area contributed by atoms with E-state index in [-0.39, 0.29) is 18.9 Å². The van der Waals surface area contributed by atoms with Gasteiger partial charge in [0.05, 0.1) is 31.5 Å². The second-order valence-electron chi connectivity index (χ2n) is 9.64. The molecular formula is C33H27Cl2N3O4. The Morgan fingerprint density at radius 1 is 0.833 bits per heavy atom. The molecular weight excluding hydrogens is 573 g/mol. The van der Waals surface area contributed by atoms with Crippen molar-refractivity contribution in [3.63, 3.8) is 0 Å². The monoisotopic (exact) mass is 599 g/mol. The molecule has 0 bridgehead atoms. The zero-order valence-electron chi connectivity index (χ0n) is 22.7. The zero-order valence-corrected chi connectivity index (χ0v) is 24.2. The molecule has 4 aromatic carbocycles. The summed E-state index contributed by atoms with van der Waals surface area (Å²) in [6.45, 7) is 0.510. The second-order valence-corrected chi connectivity index (χ2v) is 10.5. The maximum absolute atomic E-state index is 12.4. The van der Waals surface area contributed by atoms with E-state index in [1.807, 2.05) is 71.4 Å². The Kier molecular flexibility index (Phi) is 8.91. The first-order chi connectivity index (χ1) is 20.3. The van der Waals surface area contributed by atoms with Crippen LogP contribution >= 0.6 is 23.2 Å². The van der Waals surface area contributed by atoms with Crippen molar-refractivity contribution in [3.05, 3.63) is 118 Å². The number of hydrogen-bond acceptors (Lipinski definition) is 4. The number of carbonyl (C=O) groups excluding carboxylic acids is 1. The van der Waals surface area contributed by atoms with Crippen molar-refractivity contribution in [3.8, 4) is 39.4 Å². The number of amides is 1. The van der Waals surface area contributed by atoms with Crippen LogP contribution in [-0.4, -0.2) is 40.4 Å². The molecule has 0 aliphatic heterocycles. The molecule has 0 radical (unpaired) electrons. The van der Waals surface area contributed by atoms with Crippen molar-refractivity contribution in [2.24, 2.45) is 0 Å². The number of nitrogens with one attached hydrogen (secondary N) is 1. The molecule has 0 saturated heterocycles. The number of methoxy groups -OCH3 is 1. The number of aliphatic carboxylic acids is 1. The highest BCUT2D eigenvalue weighted by molar-refractivity contribution is 6.35. The highest BCUT2D eigenvalue weighted by Gasteiger charge is 2.15. The van der Waals surface area contributed by atoms with E-state index in [2.05, 4.69) is 17.4 Å². The number of nitrogens with zero attached hydrogens (tertiary/aromatic N) is 2. The Balaban J connectivity index is 1.48. The molecule has 212 valence electrons. The average Bonchev–Trinajstić information content (AvgIpc) is 3.41. The van der Waals surface area contributed by atoms with Crippen LogP contribution in [0.1, 0.15) is 22.3 Å². The topological polar surface area (TPSA) is 93.5 Å².